The fourth-order valence-corrected chi connectivity index (χ4v) is 6.86. The second kappa shape index (κ2) is 9.78. The van der Waals surface area contributed by atoms with Crippen LogP contribution < -0.4 is 0 Å². The van der Waals surface area contributed by atoms with Crippen LogP contribution in [-0.2, 0) is 13.5 Å². The summed E-state index contributed by atoms with van der Waals surface area (Å²) < 4.78 is 4.75. The molecule has 0 N–H and O–H groups in total. The molecule has 0 bridgehead atoms. The number of aryl methyl sites for hydroxylation is 2. The topological polar surface area (TPSA) is 9.86 Å². The van der Waals surface area contributed by atoms with Gasteiger partial charge in [0.05, 0.1) is 11.0 Å². The van der Waals surface area contributed by atoms with E-state index in [9.17, 15) is 0 Å². The van der Waals surface area contributed by atoms with Crippen molar-refractivity contribution in [1.82, 2.24) is 9.13 Å². The lowest BCUT2D eigenvalue weighted by Crippen LogP contribution is -1.97. The van der Waals surface area contributed by atoms with Gasteiger partial charge in [0.25, 0.3) is 0 Å². The molecule has 2 heterocycles. The Morgan fingerprint density at radius 2 is 1.50 bits per heavy atom. The Morgan fingerprint density at radius 1 is 0.714 bits per heavy atom. The van der Waals surface area contributed by atoms with E-state index in [1.807, 2.05) is 0 Å². The van der Waals surface area contributed by atoms with Crippen molar-refractivity contribution in [1.29, 1.82) is 0 Å². The molecule has 2 nitrogen and oxygen atoms in total. The van der Waals surface area contributed by atoms with Crippen LogP contribution in [0.3, 0.4) is 0 Å². The third kappa shape index (κ3) is 3.79. The van der Waals surface area contributed by atoms with E-state index < -0.39 is 0 Å². The third-order valence-corrected chi connectivity index (χ3v) is 8.99. The zero-order chi connectivity index (χ0) is 28.2. The molecule has 0 saturated heterocycles. The van der Waals surface area contributed by atoms with Crippen LogP contribution in [0.15, 0.2) is 121 Å². The van der Waals surface area contributed by atoms with E-state index in [0.717, 1.165) is 12.8 Å². The first-order valence-corrected chi connectivity index (χ1v) is 14.9. The fraction of sp³-hybridized carbons (Fsp3) is 0.100. The normalized spacial score (nSPS) is 13.7. The molecular formula is C40H32N2. The predicted octanol–water partition coefficient (Wildman–Crippen LogP) is 10.6. The molecule has 0 saturated carbocycles. The molecule has 202 valence electrons. The van der Waals surface area contributed by atoms with Crippen LogP contribution in [0.4, 0.5) is 0 Å². The average molecular weight is 541 g/mol. The van der Waals surface area contributed by atoms with Gasteiger partial charge in [-0.25, -0.2) is 0 Å². The molecule has 0 spiro atoms. The maximum atomic E-state index is 2.45. The molecule has 0 atom stereocenters. The fourth-order valence-electron chi connectivity index (χ4n) is 6.86. The van der Waals surface area contributed by atoms with E-state index in [4.69, 9.17) is 0 Å². The monoisotopic (exact) mass is 540 g/mol. The zero-order valence-corrected chi connectivity index (χ0v) is 24.0. The Kier molecular flexibility index (Phi) is 5.75. The molecule has 0 aliphatic heterocycles. The summed E-state index contributed by atoms with van der Waals surface area (Å²) in [7, 11) is 2.16. The molecule has 1 aliphatic carbocycles. The molecule has 8 rings (SSSR count). The average Bonchev–Trinajstić information content (AvgIpc) is 3.56. The van der Waals surface area contributed by atoms with Gasteiger partial charge < -0.3 is 9.13 Å². The van der Waals surface area contributed by atoms with Crippen molar-refractivity contribution in [2.75, 3.05) is 0 Å². The molecule has 7 aromatic rings. The summed E-state index contributed by atoms with van der Waals surface area (Å²) in [6, 6.07) is 37.7. The SMILES string of the molecule is C/C=C(\C=C/c1cc2ccc(-c3ccccc3)cc2n1C)n1c2ccc3c(c2c2c4ccccc4ccc21)C=CCC3. The van der Waals surface area contributed by atoms with Crippen molar-refractivity contribution in [3.05, 3.63) is 138 Å². The Morgan fingerprint density at radius 3 is 2.38 bits per heavy atom. The van der Waals surface area contributed by atoms with Gasteiger partial charge in [0.15, 0.2) is 0 Å². The molecule has 0 fully saturated rings. The van der Waals surface area contributed by atoms with E-state index in [-0.39, 0.29) is 0 Å². The summed E-state index contributed by atoms with van der Waals surface area (Å²) in [4.78, 5) is 0. The van der Waals surface area contributed by atoms with Crippen LogP contribution in [0.2, 0.25) is 0 Å². The van der Waals surface area contributed by atoms with Crippen molar-refractivity contribution < 1.29 is 0 Å². The highest BCUT2D eigenvalue weighted by Gasteiger charge is 2.20. The van der Waals surface area contributed by atoms with Crippen LogP contribution in [-0.4, -0.2) is 9.13 Å². The lowest BCUT2D eigenvalue weighted by Gasteiger charge is -2.13. The van der Waals surface area contributed by atoms with Gasteiger partial charge >= 0.3 is 0 Å². The zero-order valence-electron chi connectivity index (χ0n) is 24.0. The second-order valence-electron chi connectivity index (χ2n) is 11.3. The Balaban J connectivity index is 1.30. The summed E-state index contributed by atoms with van der Waals surface area (Å²) in [6.45, 7) is 2.14. The molecule has 0 amide bonds. The summed E-state index contributed by atoms with van der Waals surface area (Å²) in [5.41, 5.74) is 11.4. The van der Waals surface area contributed by atoms with Crippen molar-refractivity contribution in [3.8, 4) is 11.1 Å². The highest BCUT2D eigenvalue weighted by atomic mass is 15.0. The van der Waals surface area contributed by atoms with Gasteiger partial charge in [0, 0.05) is 40.1 Å². The first-order valence-electron chi connectivity index (χ1n) is 14.9. The first kappa shape index (κ1) is 24.7. The van der Waals surface area contributed by atoms with Gasteiger partial charge in [-0.1, -0.05) is 97.1 Å². The minimum Gasteiger partial charge on any atom is -0.344 e. The van der Waals surface area contributed by atoms with Crippen LogP contribution in [0.25, 0.3) is 72.5 Å². The number of allylic oxidation sites excluding steroid dienone is 4. The Hall–Kier alpha value is -5.08. The van der Waals surface area contributed by atoms with Gasteiger partial charge in [0.1, 0.15) is 0 Å². The highest BCUT2D eigenvalue weighted by Crippen LogP contribution is 2.41. The minimum absolute atomic E-state index is 1.10. The van der Waals surface area contributed by atoms with Crippen LogP contribution in [0, 0.1) is 0 Å². The first-order chi connectivity index (χ1) is 20.7. The van der Waals surface area contributed by atoms with Crippen LogP contribution >= 0.6 is 0 Å². The number of hydrogen-bond donors (Lipinski definition) is 0. The smallest absolute Gasteiger partial charge is 0.0547 e. The molecule has 5 aromatic carbocycles. The third-order valence-electron chi connectivity index (χ3n) is 8.99. The van der Waals surface area contributed by atoms with E-state index in [1.165, 1.54) is 77.1 Å². The van der Waals surface area contributed by atoms with Crippen molar-refractivity contribution >= 4 is 61.3 Å². The number of aromatic nitrogens is 2. The van der Waals surface area contributed by atoms with Gasteiger partial charge in [-0.15, -0.1) is 0 Å². The van der Waals surface area contributed by atoms with Crippen molar-refractivity contribution in [3.63, 3.8) is 0 Å². The lowest BCUT2D eigenvalue weighted by molar-refractivity contribution is 0.955. The molecule has 1 aliphatic rings. The number of nitrogens with zero attached hydrogens (tertiary/aromatic N) is 2. The standard InChI is InChI=1S/C40H32N2/c1-3-32(21-22-33-25-31-18-17-30(26-38(31)41(33)2)27-11-5-4-6-12-27)42-36-23-19-28-13-7-9-15-34(28)39(36)40-35-16-10-8-14-29(35)20-24-37(40)42/h3-7,9-13,15-26H,8,14H2,1-2H3/b22-21-,32-3+. The van der Waals surface area contributed by atoms with E-state index in [1.54, 1.807) is 0 Å². The predicted molar refractivity (Wildman–Crippen MR) is 182 cm³/mol. The number of fused-ring (bicyclic) bond motifs is 8. The quantitative estimate of drug-likeness (QED) is 0.197. The molecule has 2 aromatic heterocycles. The van der Waals surface area contributed by atoms with Crippen molar-refractivity contribution in [2.45, 2.75) is 19.8 Å². The highest BCUT2D eigenvalue weighted by molar-refractivity contribution is 6.24. The molecule has 42 heavy (non-hydrogen) atoms. The molecular weight excluding hydrogens is 508 g/mol. The number of benzene rings is 5. The second-order valence-corrected chi connectivity index (χ2v) is 11.3. The number of hydrogen-bond acceptors (Lipinski definition) is 0. The summed E-state index contributed by atoms with van der Waals surface area (Å²) >= 11 is 0. The molecule has 2 heteroatoms. The maximum absolute atomic E-state index is 2.45. The van der Waals surface area contributed by atoms with Gasteiger partial charge in [-0.05, 0) is 89.2 Å². The van der Waals surface area contributed by atoms with Crippen LogP contribution in [0.1, 0.15) is 30.2 Å². The minimum atomic E-state index is 1.10. The summed E-state index contributed by atoms with van der Waals surface area (Å²) in [5.74, 6) is 0. The maximum Gasteiger partial charge on any atom is 0.0547 e. The molecule has 0 radical (unpaired) electrons. The Bertz CT molecular complexity index is 2250. The van der Waals surface area contributed by atoms with Gasteiger partial charge in [-0.2, -0.15) is 0 Å². The van der Waals surface area contributed by atoms with E-state index in [0.29, 0.717) is 0 Å². The van der Waals surface area contributed by atoms with Crippen LogP contribution in [0.5, 0.6) is 0 Å². The van der Waals surface area contributed by atoms with Gasteiger partial charge in [-0.3, -0.25) is 0 Å². The van der Waals surface area contributed by atoms with E-state index in [2.05, 4.69) is 157 Å². The molecule has 0 unspecified atom stereocenters. The summed E-state index contributed by atoms with van der Waals surface area (Å²) in [6.07, 6.45) is 13.6. The number of rotatable bonds is 4. The largest absolute Gasteiger partial charge is 0.344 e. The van der Waals surface area contributed by atoms with Crippen molar-refractivity contribution in [2.24, 2.45) is 7.05 Å². The Labute approximate surface area is 246 Å². The van der Waals surface area contributed by atoms with Gasteiger partial charge in [0.2, 0.25) is 0 Å². The lowest BCUT2D eigenvalue weighted by atomic mass is 9.92. The summed E-state index contributed by atoms with van der Waals surface area (Å²) in [5, 5.41) is 6.55. The van der Waals surface area contributed by atoms with E-state index >= 15 is 0 Å².